The van der Waals surface area contributed by atoms with Gasteiger partial charge in [-0.1, -0.05) is 55.2 Å². The summed E-state index contributed by atoms with van der Waals surface area (Å²) >= 11 is 13.9. The first kappa shape index (κ1) is 20.6. The summed E-state index contributed by atoms with van der Waals surface area (Å²) in [5.41, 5.74) is 2.04. The SMILES string of the molecule is CCN(CC)CCC(O)c1ccc(SCc2ccc(Cl)cc2Cl)cc1. The van der Waals surface area contributed by atoms with E-state index in [4.69, 9.17) is 23.2 Å². The van der Waals surface area contributed by atoms with Crippen LogP contribution in [0.2, 0.25) is 10.0 Å². The fraction of sp³-hybridized carbons (Fsp3) is 0.400. The van der Waals surface area contributed by atoms with Gasteiger partial charge in [0.2, 0.25) is 0 Å². The van der Waals surface area contributed by atoms with Crippen molar-refractivity contribution in [2.45, 2.75) is 37.0 Å². The van der Waals surface area contributed by atoms with Crippen molar-refractivity contribution in [2.75, 3.05) is 19.6 Å². The van der Waals surface area contributed by atoms with Crippen LogP contribution < -0.4 is 0 Å². The minimum atomic E-state index is -0.412. The van der Waals surface area contributed by atoms with Crippen molar-refractivity contribution >= 4 is 35.0 Å². The van der Waals surface area contributed by atoms with E-state index in [0.717, 1.165) is 47.8 Å². The Balaban J connectivity index is 1.88. The number of aliphatic hydroxyl groups excluding tert-OH is 1. The molecule has 1 unspecified atom stereocenters. The summed E-state index contributed by atoms with van der Waals surface area (Å²) in [5, 5.41) is 11.7. The Kier molecular flexibility index (Phi) is 8.60. The lowest BCUT2D eigenvalue weighted by molar-refractivity contribution is 0.145. The van der Waals surface area contributed by atoms with Crippen LogP contribution in [0.15, 0.2) is 47.4 Å². The van der Waals surface area contributed by atoms with Crippen LogP contribution in [0, 0.1) is 0 Å². The molecule has 0 heterocycles. The molecule has 2 nitrogen and oxygen atoms in total. The van der Waals surface area contributed by atoms with Crippen molar-refractivity contribution < 1.29 is 5.11 Å². The maximum Gasteiger partial charge on any atom is 0.0802 e. The Morgan fingerprint density at radius 1 is 1.04 bits per heavy atom. The zero-order chi connectivity index (χ0) is 18.2. The fourth-order valence-electron chi connectivity index (χ4n) is 2.60. The van der Waals surface area contributed by atoms with E-state index in [1.54, 1.807) is 17.8 Å². The number of hydrogen-bond acceptors (Lipinski definition) is 3. The molecule has 0 aliphatic heterocycles. The van der Waals surface area contributed by atoms with Gasteiger partial charge in [-0.25, -0.2) is 0 Å². The van der Waals surface area contributed by atoms with Crippen molar-refractivity contribution in [3.63, 3.8) is 0 Å². The van der Waals surface area contributed by atoms with Gasteiger partial charge < -0.3 is 10.0 Å². The van der Waals surface area contributed by atoms with Crippen LogP contribution in [-0.4, -0.2) is 29.6 Å². The third kappa shape index (κ3) is 6.50. The molecule has 0 spiro atoms. The molecule has 1 N–H and O–H groups in total. The second-order valence-electron chi connectivity index (χ2n) is 5.92. The van der Waals surface area contributed by atoms with Gasteiger partial charge >= 0.3 is 0 Å². The van der Waals surface area contributed by atoms with Gasteiger partial charge in [0.25, 0.3) is 0 Å². The van der Waals surface area contributed by atoms with Crippen LogP contribution >= 0.6 is 35.0 Å². The summed E-state index contributed by atoms with van der Waals surface area (Å²) < 4.78 is 0. The predicted octanol–water partition coefficient (Wildman–Crippen LogP) is 6.05. The predicted molar refractivity (Wildman–Crippen MR) is 110 cm³/mol. The summed E-state index contributed by atoms with van der Waals surface area (Å²) in [6.07, 6.45) is 0.347. The van der Waals surface area contributed by atoms with E-state index in [1.807, 2.05) is 24.3 Å². The standard InChI is InChI=1S/C20H25Cl2NOS/c1-3-23(4-2)12-11-20(24)15-6-9-18(10-7-15)25-14-16-5-8-17(21)13-19(16)22/h5-10,13,20,24H,3-4,11-12,14H2,1-2H3. The Bertz CT molecular complexity index is 659. The number of hydrogen-bond donors (Lipinski definition) is 1. The highest BCUT2D eigenvalue weighted by Gasteiger charge is 2.10. The van der Waals surface area contributed by atoms with Crippen LogP contribution in [0.25, 0.3) is 0 Å². The third-order valence-electron chi connectivity index (χ3n) is 4.29. The molecular weight excluding hydrogens is 373 g/mol. The molecule has 2 rings (SSSR count). The maximum atomic E-state index is 10.4. The number of nitrogens with zero attached hydrogens (tertiary/aromatic N) is 1. The number of thioether (sulfide) groups is 1. The van der Waals surface area contributed by atoms with Crippen LogP contribution in [0.1, 0.15) is 37.5 Å². The molecule has 0 aliphatic rings. The molecule has 0 aromatic heterocycles. The van der Waals surface area contributed by atoms with Gasteiger partial charge in [-0.3, -0.25) is 0 Å². The molecular formula is C20H25Cl2NOS. The van der Waals surface area contributed by atoms with Crippen molar-refractivity contribution in [1.82, 2.24) is 4.90 Å². The minimum absolute atomic E-state index is 0.412. The Labute approximate surface area is 165 Å². The van der Waals surface area contributed by atoms with Gasteiger partial charge in [0.05, 0.1) is 6.10 Å². The third-order valence-corrected chi connectivity index (χ3v) is 5.94. The zero-order valence-corrected chi connectivity index (χ0v) is 17.0. The van der Waals surface area contributed by atoms with Gasteiger partial charge in [0.15, 0.2) is 0 Å². The fourth-order valence-corrected chi connectivity index (χ4v) is 4.05. The molecule has 0 saturated heterocycles. The van der Waals surface area contributed by atoms with Gasteiger partial charge in [0.1, 0.15) is 0 Å². The summed E-state index contributed by atoms with van der Waals surface area (Å²) in [6.45, 7) is 7.25. The number of rotatable bonds is 9. The summed E-state index contributed by atoms with van der Waals surface area (Å²) in [4.78, 5) is 3.48. The van der Waals surface area contributed by atoms with E-state index in [9.17, 15) is 5.11 Å². The minimum Gasteiger partial charge on any atom is -0.388 e. The van der Waals surface area contributed by atoms with Crippen LogP contribution in [0.3, 0.4) is 0 Å². The second kappa shape index (κ2) is 10.4. The molecule has 0 saturated carbocycles. The van der Waals surface area contributed by atoms with E-state index in [-0.39, 0.29) is 0 Å². The average molecular weight is 398 g/mol. The number of benzene rings is 2. The van der Waals surface area contributed by atoms with Crippen molar-refractivity contribution in [3.8, 4) is 0 Å². The summed E-state index contributed by atoms with van der Waals surface area (Å²) in [7, 11) is 0. The normalized spacial score (nSPS) is 12.6. The first-order chi connectivity index (χ1) is 12.0. The average Bonchev–Trinajstić information content (AvgIpc) is 2.62. The zero-order valence-electron chi connectivity index (χ0n) is 14.7. The monoisotopic (exact) mass is 397 g/mol. The lowest BCUT2D eigenvalue weighted by Crippen LogP contribution is -2.25. The molecule has 2 aromatic carbocycles. The Morgan fingerprint density at radius 2 is 1.72 bits per heavy atom. The molecule has 5 heteroatoms. The summed E-state index contributed by atoms with van der Waals surface area (Å²) in [5.74, 6) is 0.792. The van der Waals surface area contributed by atoms with Gasteiger partial charge in [-0.05, 0) is 54.9 Å². The summed E-state index contributed by atoms with van der Waals surface area (Å²) in [6, 6.07) is 13.7. The van der Waals surface area contributed by atoms with E-state index in [2.05, 4.69) is 30.9 Å². The Morgan fingerprint density at radius 3 is 2.32 bits per heavy atom. The molecule has 2 aromatic rings. The van der Waals surface area contributed by atoms with Crippen LogP contribution in [0.5, 0.6) is 0 Å². The number of aliphatic hydroxyl groups is 1. The van der Waals surface area contributed by atoms with E-state index in [1.165, 1.54) is 0 Å². The molecule has 136 valence electrons. The Hall–Kier alpha value is -0.710. The molecule has 0 bridgehead atoms. The lowest BCUT2D eigenvalue weighted by Gasteiger charge is -2.20. The highest BCUT2D eigenvalue weighted by atomic mass is 35.5. The topological polar surface area (TPSA) is 23.5 Å². The number of halogens is 2. The van der Waals surface area contributed by atoms with Gasteiger partial charge in [-0.2, -0.15) is 0 Å². The second-order valence-corrected chi connectivity index (χ2v) is 7.82. The first-order valence-corrected chi connectivity index (χ1v) is 10.3. The van der Waals surface area contributed by atoms with E-state index < -0.39 is 6.10 Å². The first-order valence-electron chi connectivity index (χ1n) is 8.60. The maximum absolute atomic E-state index is 10.4. The van der Waals surface area contributed by atoms with Gasteiger partial charge in [0, 0.05) is 27.2 Å². The molecule has 25 heavy (non-hydrogen) atoms. The van der Waals surface area contributed by atoms with E-state index in [0.29, 0.717) is 10.0 Å². The van der Waals surface area contributed by atoms with E-state index >= 15 is 0 Å². The largest absolute Gasteiger partial charge is 0.388 e. The highest BCUT2D eigenvalue weighted by molar-refractivity contribution is 7.98. The van der Waals surface area contributed by atoms with Crippen molar-refractivity contribution in [2.24, 2.45) is 0 Å². The molecule has 0 radical (unpaired) electrons. The van der Waals surface area contributed by atoms with Crippen molar-refractivity contribution in [1.29, 1.82) is 0 Å². The molecule has 0 aliphatic carbocycles. The molecule has 1 atom stereocenters. The van der Waals surface area contributed by atoms with Crippen molar-refractivity contribution in [3.05, 3.63) is 63.6 Å². The highest BCUT2D eigenvalue weighted by Crippen LogP contribution is 2.29. The molecule has 0 amide bonds. The molecule has 0 fully saturated rings. The van der Waals surface area contributed by atoms with Crippen LogP contribution in [-0.2, 0) is 5.75 Å². The smallest absolute Gasteiger partial charge is 0.0802 e. The lowest BCUT2D eigenvalue weighted by atomic mass is 10.1. The van der Waals surface area contributed by atoms with Gasteiger partial charge in [-0.15, -0.1) is 11.8 Å². The van der Waals surface area contributed by atoms with Crippen LogP contribution in [0.4, 0.5) is 0 Å². The quantitative estimate of drug-likeness (QED) is 0.520.